The number of alkyl halides is 1. The number of halogens is 3. The van der Waals surface area contributed by atoms with Crippen molar-refractivity contribution in [2.24, 2.45) is 5.41 Å². The lowest BCUT2D eigenvalue weighted by molar-refractivity contribution is -0.275. The molecule has 0 spiro atoms. The zero-order valence-electron chi connectivity index (χ0n) is 22.6. The van der Waals surface area contributed by atoms with Gasteiger partial charge < -0.3 is 15.4 Å². The van der Waals surface area contributed by atoms with Gasteiger partial charge in [-0.1, -0.05) is 18.2 Å². The van der Waals surface area contributed by atoms with Crippen molar-refractivity contribution < 1.29 is 18.3 Å². The van der Waals surface area contributed by atoms with Gasteiger partial charge in [0, 0.05) is 64.5 Å². The lowest BCUT2D eigenvalue weighted by Crippen LogP contribution is -2.79. The number of para-hydroxylation sites is 1. The summed E-state index contributed by atoms with van der Waals surface area (Å²) < 4.78 is 44.6. The first-order chi connectivity index (χ1) is 18.7. The molecule has 3 aromatic rings. The number of nitrogens with one attached hydrogen (secondary N) is 2. The number of hydrogen-bond donors (Lipinski definition) is 3. The molecule has 3 saturated carbocycles. The van der Waals surface area contributed by atoms with Gasteiger partial charge in [-0.15, -0.1) is 0 Å². The van der Waals surface area contributed by atoms with Crippen molar-refractivity contribution in [3.63, 3.8) is 0 Å². The smallest absolute Gasteiger partial charge is 0.133 e. The molecule has 2 bridgehead atoms. The van der Waals surface area contributed by atoms with Crippen LogP contribution in [0.4, 0.5) is 18.9 Å². The molecule has 0 radical (unpaired) electrons. The van der Waals surface area contributed by atoms with Crippen molar-refractivity contribution in [3.8, 4) is 0 Å². The monoisotopic (exact) mass is 538 g/mol. The van der Waals surface area contributed by atoms with Crippen molar-refractivity contribution in [1.82, 2.24) is 14.8 Å². The fourth-order valence-electron chi connectivity index (χ4n) is 8.31. The SMILES string of the molecule is C[C@H](O)C12CC(N3[C@@H](c4c(F)cc(NC5CN(CCCF)C5)cc4F)c4[nH]c5ccccc5c4C[C@@H]3C)(C1)C2. The summed E-state index contributed by atoms with van der Waals surface area (Å²) in [5.74, 6) is -1.09. The third kappa shape index (κ3) is 3.78. The Morgan fingerprint density at radius 3 is 2.49 bits per heavy atom. The molecule has 208 valence electrons. The number of anilines is 1. The van der Waals surface area contributed by atoms with Gasteiger partial charge in [-0.05, 0) is 69.7 Å². The molecule has 5 aliphatic rings. The number of fused-ring (bicyclic) bond motifs is 3. The second kappa shape index (κ2) is 8.98. The molecule has 1 saturated heterocycles. The summed E-state index contributed by atoms with van der Waals surface area (Å²) in [5.41, 5.74) is 3.33. The van der Waals surface area contributed by atoms with E-state index in [0.717, 1.165) is 60.9 Å². The molecule has 39 heavy (non-hydrogen) atoms. The van der Waals surface area contributed by atoms with Gasteiger partial charge in [0.2, 0.25) is 0 Å². The van der Waals surface area contributed by atoms with Crippen LogP contribution in [0, 0.1) is 17.0 Å². The van der Waals surface area contributed by atoms with E-state index in [1.54, 1.807) is 0 Å². The summed E-state index contributed by atoms with van der Waals surface area (Å²) in [7, 11) is 0. The number of nitrogens with zero attached hydrogens (tertiary/aromatic N) is 2. The highest BCUT2D eigenvalue weighted by molar-refractivity contribution is 5.85. The molecule has 3 N–H and O–H groups in total. The maximum atomic E-state index is 16.1. The molecule has 0 amide bonds. The zero-order valence-corrected chi connectivity index (χ0v) is 22.6. The van der Waals surface area contributed by atoms with Gasteiger partial charge in [-0.3, -0.25) is 14.2 Å². The van der Waals surface area contributed by atoms with Crippen LogP contribution in [-0.4, -0.2) is 69.9 Å². The van der Waals surface area contributed by atoms with Crippen LogP contribution in [0.15, 0.2) is 36.4 Å². The second-order valence-corrected chi connectivity index (χ2v) is 12.7. The molecular formula is C31H37F3N4O. The number of rotatable bonds is 8. The second-order valence-electron chi connectivity index (χ2n) is 12.7. The van der Waals surface area contributed by atoms with Gasteiger partial charge in [0.25, 0.3) is 0 Å². The normalized spacial score (nSPS) is 31.3. The number of aromatic nitrogens is 1. The van der Waals surface area contributed by atoms with Crippen LogP contribution in [0.5, 0.6) is 0 Å². The van der Waals surface area contributed by atoms with Gasteiger partial charge in [0.15, 0.2) is 0 Å². The number of aliphatic hydroxyl groups is 1. The first-order valence-electron chi connectivity index (χ1n) is 14.3. The van der Waals surface area contributed by atoms with Crippen molar-refractivity contribution in [3.05, 3.63) is 64.9 Å². The minimum Gasteiger partial charge on any atom is -0.393 e. The average Bonchev–Trinajstić information content (AvgIpc) is 3.17. The quantitative estimate of drug-likeness (QED) is 0.353. The van der Waals surface area contributed by atoms with Gasteiger partial charge in [0.1, 0.15) is 11.6 Å². The number of likely N-dealkylation sites (tertiary alicyclic amines) is 1. The van der Waals surface area contributed by atoms with E-state index in [-0.39, 0.29) is 41.4 Å². The van der Waals surface area contributed by atoms with Crippen LogP contribution in [-0.2, 0) is 6.42 Å². The zero-order chi connectivity index (χ0) is 27.1. The van der Waals surface area contributed by atoms with E-state index >= 15 is 8.78 Å². The van der Waals surface area contributed by atoms with Crippen molar-refractivity contribution in [2.75, 3.05) is 31.6 Å². The number of hydrogen-bond acceptors (Lipinski definition) is 4. The van der Waals surface area contributed by atoms with E-state index in [9.17, 15) is 9.50 Å². The van der Waals surface area contributed by atoms with E-state index in [4.69, 9.17) is 0 Å². The molecule has 3 atom stereocenters. The van der Waals surface area contributed by atoms with Crippen LogP contribution in [0.2, 0.25) is 0 Å². The first-order valence-corrected chi connectivity index (χ1v) is 14.3. The van der Waals surface area contributed by atoms with Crippen molar-refractivity contribution in [1.29, 1.82) is 0 Å². The summed E-state index contributed by atoms with van der Waals surface area (Å²) in [6.45, 7) is 5.89. The maximum Gasteiger partial charge on any atom is 0.133 e. The van der Waals surface area contributed by atoms with Gasteiger partial charge >= 0.3 is 0 Å². The summed E-state index contributed by atoms with van der Waals surface area (Å²) >= 11 is 0. The highest BCUT2D eigenvalue weighted by Crippen LogP contribution is 2.73. The number of aliphatic hydroxyl groups excluding tert-OH is 1. The molecule has 1 aromatic heterocycles. The van der Waals surface area contributed by atoms with Crippen LogP contribution in [0.3, 0.4) is 0 Å². The fraction of sp³-hybridized carbons (Fsp3) is 0.548. The molecule has 2 aliphatic heterocycles. The molecule has 8 heteroatoms. The Balaban J connectivity index is 1.24. The van der Waals surface area contributed by atoms with Gasteiger partial charge in [-0.2, -0.15) is 0 Å². The molecule has 4 fully saturated rings. The molecule has 3 heterocycles. The van der Waals surface area contributed by atoms with Crippen LogP contribution >= 0.6 is 0 Å². The Morgan fingerprint density at radius 2 is 1.82 bits per heavy atom. The number of H-pyrrole nitrogens is 1. The van der Waals surface area contributed by atoms with Crippen molar-refractivity contribution >= 4 is 16.6 Å². The standard InChI is InChI=1S/C31H37F3N4O/c1-18-10-23-22-6-3-4-7-26(22)36-28(23)29(38(18)31-15-30(16-31,17-31)19(2)39)27-24(33)11-20(12-25(27)34)35-21-13-37(14-21)9-5-8-32/h3-4,6-7,11-12,18-19,21,29,35-36,39H,5,8-10,13-17H2,1-2H3/t18-,19-,29-,30?,31?/m0/s1. The Morgan fingerprint density at radius 1 is 1.13 bits per heavy atom. The topological polar surface area (TPSA) is 54.5 Å². The number of benzene rings is 2. The lowest BCUT2D eigenvalue weighted by atomic mass is 9.36. The largest absolute Gasteiger partial charge is 0.393 e. The maximum absolute atomic E-state index is 16.1. The molecule has 3 aliphatic carbocycles. The summed E-state index contributed by atoms with van der Waals surface area (Å²) in [4.78, 5) is 8.05. The van der Waals surface area contributed by atoms with Gasteiger partial charge in [0.05, 0.1) is 24.9 Å². The highest BCUT2D eigenvalue weighted by Gasteiger charge is 2.73. The van der Waals surface area contributed by atoms with Crippen LogP contribution < -0.4 is 5.32 Å². The summed E-state index contributed by atoms with van der Waals surface area (Å²) in [6.07, 6.45) is 3.52. The number of aromatic amines is 1. The van der Waals surface area contributed by atoms with E-state index in [1.165, 1.54) is 12.1 Å². The van der Waals surface area contributed by atoms with Gasteiger partial charge in [-0.25, -0.2) is 8.78 Å². The van der Waals surface area contributed by atoms with Crippen LogP contribution in [0.25, 0.3) is 10.9 Å². The minimum absolute atomic E-state index is 0.0588. The fourth-order valence-corrected chi connectivity index (χ4v) is 8.31. The van der Waals surface area contributed by atoms with E-state index in [0.29, 0.717) is 18.7 Å². The van der Waals surface area contributed by atoms with E-state index < -0.39 is 17.7 Å². The molecular weight excluding hydrogens is 501 g/mol. The van der Waals surface area contributed by atoms with Crippen molar-refractivity contribution in [2.45, 2.75) is 75.7 Å². The average molecular weight is 539 g/mol. The Bertz CT molecular complexity index is 1370. The van der Waals surface area contributed by atoms with Crippen LogP contribution in [0.1, 0.15) is 62.4 Å². The summed E-state index contributed by atoms with van der Waals surface area (Å²) in [5, 5.41) is 14.8. The third-order valence-electron chi connectivity index (χ3n) is 10.1. The first kappa shape index (κ1) is 25.4. The predicted octanol–water partition coefficient (Wildman–Crippen LogP) is 5.54. The Kier molecular flexibility index (Phi) is 5.85. The summed E-state index contributed by atoms with van der Waals surface area (Å²) in [6, 6.07) is 10.6. The van der Waals surface area contributed by atoms with E-state index in [1.807, 2.05) is 25.1 Å². The molecule has 2 aromatic carbocycles. The Labute approximate surface area is 227 Å². The molecule has 8 rings (SSSR count). The lowest BCUT2D eigenvalue weighted by Gasteiger charge is -2.77. The Hall–Kier alpha value is -2.55. The van der Waals surface area contributed by atoms with E-state index in [2.05, 4.69) is 33.1 Å². The minimum atomic E-state index is -0.572. The highest BCUT2D eigenvalue weighted by atomic mass is 19.1. The third-order valence-corrected chi connectivity index (χ3v) is 10.1. The molecule has 0 unspecified atom stereocenters. The predicted molar refractivity (Wildman–Crippen MR) is 147 cm³/mol. The molecule has 5 nitrogen and oxygen atoms in total.